The van der Waals surface area contributed by atoms with Crippen molar-refractivity contribution < 1.29 is 29.3 Å². The number of hydrogen-bond acceptors (Lipinski definition) is 8. The van der Waals surface area contributed by atoms with Gasteiger partial charge in [-0.15, -0.1) is 0 Å². The zero-order valence-electron chi connectivity index (χ0n) is 39.3. The summed E-state index contributed by atoms with van der Waals surface area (Å²) in [5, 5.41) is 24.8. The maximum absolute atomic E-state index is 13.4. The molecule has 3 N–H and O–H groups in total. The molecule has 61 heavy (non-hydrogen) atoms. The summed E-state index contributed by atoms with van der Waals surface area (Å²) in [6, 6.07) is 0. The number of fused-ring (bicyclic) bond motifs is 10. The second-order valence-electron chi connectivity index (χ2n) is 24.1. The number of alkyl halides is 1. The standard InChI is InChI=1S/C26H43NO3.C21H33BrO2.C5H11NO/c1-17-15-27(12-13-30-17)16-24(28)23-7-6-22-21-5-4-18-14-25(2,29)10-8-19(18)20(21)9-11-26(22,23)3;1-20(24)9-7-14-13(11-20)3-4-16-15(14)8-10-21(2)17(16)5-6-18(21)19(23)12-22;1-5-4-6-2-3-7-5/h17-23,29H,4-16H2,1-3H3;13-18,24H,3-12H2,1-2H3;5-6H,2-4H2,1H3/t17-,18-,19+,20-,21-,22+,23-,25-,26+;13-,14+,15-,16-,17+,18-,20-,21+;5-/m111/s1. The lowest BCUT2D eigenvalue weighted by molar-refractivity contribution is -0.135. The fraction of sp³-hybridized carbons (Fsp3) is 0.962. The highest BCUT2D eigenvalue weighted by Gasteiger charge is 2.60. The molecule has 8 saturated carbocycles. The summed E-state index contributed by atoms with van der Waals surface area (Å²) in [4.78, 5) is 28.2. The minimum absolute atomic E-state index is 0.225. The number of nitrogens with zero attached hydrogens (tertiary/aromatic N) is 1. The van der Waals surface area contributed by atoms with E-state index in [9.17, 15) is 19.8 Å². The van der Waals surface area contributed by atoms with Crippen LogP contribution in [0.2, 0.25) is 0 Å². The summed E-state index contributed by atoms with van der Waals surface area (Å²) in [5.74, 6) is 9.61. The lowest BCUT2D eigenvalue weighted by Gasteiger charge is -2.57. The molecule has 0 aromatic rings. The number of Topliss-reactive ketones (excluding diaryl/α,β-unsaturated/α-hetero) is 2. The number of nitrogens with one attached hydrogen (secondary N) is 1. The highest BCUT2D eigenvalue weighted by atomic mass is 79.9. The van der Waals surface area contributed by atoms with Gasteiger partial charge in [0.05, 0.1) is 48.5 Å². The smallest absolute Gasteiger partial charge is 0.150 e. The number of halogens is 1. The molecule has 8 aliphatic carbocycles. The van der Waals surface area contributed by atoms with Crippen molar-refractivity contribution in [1.82, 2.24) is 10.2 Å². The first-order chi connectivity index (χ1) is 29.0. The Morgan fingerprint density at radius 3 is 1.59 bits per heavy atom. The van der Waals surface area contributed by atoms with Gasteiger partial charge < -0.3 is 25.0 Å². The Kier molecular flexibility index (Phi) is 14.7. The zero-order chi connectivity index (χ0) is 43.3. The molecular weight excluding hydrogens is 828 g/mol. The molecule has 0 aromatic carbocycles. The molecule has 2 heterocycles. The number of ether oxygens (including phenoxy) is 2. The Hall–Kier alpha value is -0.420. The molecule has 18 atom stereocenters. The number of ketones is 2. The predicted octanol–water partition coefficient (Wildman–Crippen LogP) is 9.26. The molecular formula is C52H87BrN2O6. The summed E-state index contributed by atoms with van der Waals surface area (Å²) in [5.41, 5.74) is -0.362. The highest BCUT2D eigenvalue weighted by Crippen LogP contribution is 2.66. The number of carbonyl (C=O) groups excluding carboxylic acids is 2. The summed E-state index contributed by atoms with van der Waals surface area (Å²) < 4.78 is 10.9. The van der Waals surface area contributed by atoms with E-state index in [0.717, 1.165) is 137 Å². The van der Waals surface area contributed by atoms with E-state index in [1.165, 1.54) is 77.0 Å². The fourth-order valence-corrected chi connectivity index (χ4v) is 17.8. The molecule has 2 saturated heterocycles. The quantitative estimate of drug-likeness (QED) is 0.235. The number of morpholine rings is 2. The van der Waals surface area contributed by atoms with Gasteiger partial charge in [-0.25, -0.2) is 0 Å². The monoisotopic (exact) mass is 915 g/mol. The fourth-order valence-electron chi connectivity index (χ4n) is 17.4. The Morgan fingerprint density at radius 1 is 0.623 bits per heavy atom. The van der Waals surface area contributed by atoms with Gasteiger partial charge in [0.1, 0.15) is 11.6 Å². The predicted molar refractivity (Wildman–Crippen MR) is 246 cm³/mol. The topological polar surface area (TPSA) is 108 Å². The maximum atomic E-state index is 13.4. The molecule has 0 radical (unpaired) electrons. The largest absolute Gasteiger partial charge is 0.390 e. The molecule has 0 amide bonds. The van der Waals surface area contributed by atoms with Gasteiger partial charge in [0.25, 0.3) is 0 Å². The third kappa shape index (κ3) is 9.85. The second kappa shape index (κ2) is 19.1. The molecule has 0 bridgehead atoms. The zero-order valence-corrected chi connectivity index (χ0v) is 40.9. The first-order valence-electron chi connectivity index (χ1n) is 25.7. The van der Waals surface area contributed by atoms with Crippen molar-refractivity contribution in [2.45, 2.75) is 181 Å². The van der Waals surface area contributed by atoms with E-state index < -0.39 is 11.2 Å². The third-order valence-corrected chi connectivity index (χ3v) is 20.8. The van der Waals surface area contributed by atoms with Gasteiger partial charge in [-0.05, 0) is 213 Å². The van der Waals surface area contributed by atoms with Crippen LogP contribution in [0.15, 0.2) is 0 Å². The normalized spacial score (nSPS) is 50.4. The van der Waals surface area contributed by atoms with E-state index in [1.807, 2.05) is 6.92 Å². The lowest BCUT2D eigenvalue weighted by Crippen LogP contribution is -2.52. The van der Waals surface area contributed by atoms with Crippen molar-refractivity contribution in [2.24, 2.45) is 81.8 Å². The maximum Gasteiger partial charge on any atom is 0.150 e. The number of carbonyl (C=O) groups is 2. The molecule has 8 nitrogen and oxygen atoms in total. The molecule has 0 spiro atoms. The lowest BCUT2D eigenvalue weighted by atomic mass is 9.49. The average Bonchev–Trinajstić information content (AvgIpc) is 3.77. The summed E-state index contributed by atoms with van der Waals surface area (Å²) in [6.45, 7) is 19.3. The Balaban J connectivity index is 0.000000148. The number of rotatable bonds is 5. The van der Waals surface area contributed by atoms with E-state index in [-0.39, 0.29) is 22.9 Å². The first kappa shape index (κ1) is 47.1. The molecule has 9 heteroatoms. The van der Waals surface area contributed by atoms with E-state index in [2.05, 4.69) is 60.8 Å². The molecule has 0 unspecified atom stereocenters. The van der Waals surface area contributed by atoms with Gasteiger partial charge in [0.15, 0.2) is 0 Å². The van der Waals surface area contributed by atoms with E-state index in [1.54, 1.807) is 0 Å². The van der Waals surface area contributed by atoms with Crippen LogP contribution in [0.3, 0.4) is 0 Å². The van der Waals surface area contributed by atoms with Crippen LogP contribution in [0.25, 0.3) is 0 Å². The van der Waals surface area contributed by atoms with E-state index in [0.29, 0.717) is 35.5 Å². The van der Waals surface area contributed by atoms with E-state index in [4.69, 9.17) is 9.47 Å². The van der Waals surface area contributed by atoms with Crippen molar-refractivity contribution in [1.29, 1.82) is 0 Å². The highest BCUT2D eigenvalue weighted by molar-refractivity contribution is 9.09. The van der Waals surface area contributed by atoms with E-state index >= 15 is 0 Å². The second-order valence-corrected chi connectivity index (χ2v) is 24.6. The molecule has 10 rings (SSSR count). The van der Waals surface area contributed by atoms with Crippen LogP contribution in [0.4, 0.5) is 0 Å². The van der Waals surface area contributed by atoms with Crippen LogP contribution < -0.4 is 5.32 Å². The minimum Gasteiger partial charge on any atom is -0.390 e. The van der Waals surface area contributed by atoms with Gasteiger partial charge in [-0.3, -0.25) is 14.5 Å². The molecule has 10 aliphatic rings. The van der Waals surface area contributed by atoms with Gasteiger partial charge in [-0.2, -0.15) is 0 Å². The Labute approximate surface area is 379 Å². The van der Waals surface area contributed by atoms with Gasteiger partial charge in [-0.1, -0.05) is 29.8 Å². The van der Waals surface area contributed by atoms with Gasteiger partial charge in [0, 0.05) is 38.0 Å². The van der Waals surface area contributed by atoms with Crippen LogP contribution >= 0.6 is 15.9 Å². The summed E-state index contributed by atoms with van der Waals surface area (Å²) in [6.07, 6.45) is 22.4. The molecule has 0 aromatic heterocycles. The number of hydrogen-bond donors (Lipinski definition) is 3. The van der Waals surface area contributed by atoms with Crippen LogP contribution in [0.1, 0.15) is 157 Å². The third-order valence-electron chi connectivity index (χ3n) is 20.2. The average molecular weight is 916 g/mol. The van der Waals surface area contributed by atoms with Crippen molar-refractivity contribution in [2.75, 3.05) is 51.3 Å². The van der Waals surface area contributed by atoms with Crippen LogP contribution in [0, 0.1) is 81.8 Å². The van der Waals surface area contributed by atoms with Crippen LogP contribution in [0.5, 0.6) is 0 Å². The van der Waals surface area contributed by atoms with Crippen LogP contribution in [-0.4, -0.2) is 101 Å². The first-order valence-corrected chi connectivity index (χ1v) is 26.9. The molecule has 2 aliphatic heterocycles. The van der Waals surface area contributed by atoms with Gasteiger partial charge in [0.2, 0.25) is 0 Å². The number of aliphatic hydroxyl groups is 2. The van der Waals surface area contributed by atoms with Crippen molar-refractivity contribution in [3.05, 3.63) is 0 Å². The summed E-state index contributed by atoms with van der Waals surface area (Å²) in [7, 11) is 0. The summed E-state index contributed by atoms with van der Waals surface area (Å²) >= 11 is 3.42. The molecule has 10 fully saturated rings. The van der Waals surface area contributed by atoms with Crippen LogP contribution in [-0.2, 0) is 19.1 Å². The van der Waals surface area contributed by atoms with Crippen molar-refractivity contribution in [3.63, 3.8) is 0 Å². The Morgan fingerprint density at radius 2 is 1.13 bits per heavy atom. The Bertz CT molecular complexity index is 1520. The SMILES string of the molecule is C[C@@H]1CN(CC(=O)[C@H]2CC[C@H]3[C@@H]4CC[C@@H]5C[C@](C)(O)CC[C@@H]5[C@H]4CC[C@]23C)CCO1.C[C@@H]1CNCCO1.C[C@@]1(O)CC[C@H]2[C@H](CC[C@@H]3[C@@H]2CC[C@]2(C)[C@@H](C(=O)CBr)CC[C@@H]32)C1. The van der Waals surface area contributed by atoms with Crippen molar-refractivity contribution in [3.8, 4) is 0 Å². The minimum atomic E-state index is -0.432. The van der Waals surface area contributed by atoms with Crippen molar-refractivity contribution >= 4 is 27.5 Å². The van der Waals surface area contributed by atoms with Gasteiger partial charge >= 0.3 is 0 Å². The molecule has 348 valence electrons.